The monoisotopic (exact) mass is 1370 g/mol. The van der Waals surface area contributed by atoms with Gasteiger partial charge in [0.1, 0.15) is 15.1 Å². The minimum absolute atomic E-state index is 0.0164. The van der Waals surface area contributed by atoms with Gasteiger partial charge in [0.05, 0.1) is 55.3 Å². The zero-order chi connectivity index (χ0) is 68.9. The van der Waals surface area contributed by atoms with Crippen molar-refractivity contribution in [2.45, 2.75) is 235 Å². The number of carbonyl (C=O) groups excluding carboxylic acids is 6. The molecule has 0 bridgehead atoms. The second kappa shape index (κ2) is 32.3. The summed E-state index contributed by atoms with van der Waals surface area (Å²) in [5, 5.41) is 9.76. The molecule has 1 aromatic rings. The van der Waals surface area contributed by atoms with Gasteiger partial charge in [0.25, 0.3) is 5.60 Å². The van der Waals surface area contributed by atoms with Crippen LogP contribution in [0.2, 0.25) is 0 Å². The van der Waals surface area contributed by atoms with Crippen LogP contribution in [0, 0.1) is 60.0 Å². The van der Waals surface area contributed by atoms with Crippen molar-refractivity contribution in [3.8, 4) is 0 Å². The molecule has 13 atom stereocenters. The zero-order valence-electron chi connectivity index (χ0n) is 54.4. The normalized spacial score (nSPS) is 25.2. The Morgan fingerprint density at radius 2 is 1.34 bits per heavy atom. The second-order valence-corrected chi connectivity index (χ2v) is 32.4. The van der Waals surface area contributed by atoms with Crippen LogP contribution in [-0.2, 0) is 57.2 Å². The molecule has 0 amide bonds. The minimum Gasteiger partial charge on any atom is -0.465 e. The number of alkyl halides is 6. The Bertz CT molecular complexity index is 2900. The first-order chi connectivity index (χ1) is 42.7. The summed E-state index contributed by atoms with van der Waals surface area (Å²) in [6, 6.07) is 8.47. The summed E-state index contributed by atoms with van der Waals surface area (Å²) in [6.45, 7) is 32.8. The van der Waals surface area contributed by atoms with Crippen LogP contribution in [0.25, 0.3) is 9.69 Å². The fraction of sp³-hybridized carbons (Fsp3) is 0.731. The summed E-state index contributed by atoms with van der Waals surface area (Å²) in [6.07, 6.45) is -4.36. The number of halogens is 6. The third-order valence-electron chi connectivity index (χ3n) is 18.8. The van der Waals surface area contributed by atoms with E-state index in [4.69, 9.17) is 66.0 Å². The van der Waals surface area contributed by atoms with Crippen molar-refractivity contribution in [3.63, 3.8) is 0 Å². The molecule has 1 N–H and O–H groups in total. The lowest BCUT2D eigenvalue weighted by molar-refractivity contribution is -0.372. The summed E-state index contributed by atoms with van der Waals surface area (Å²) in [5.74, 6) is -4.85. The number of nitrogens with zero attached hydrogens (tertiary/aromatic N) is 2. The van der Waals surface area contributed by atoms with E-state index in [0.717, 1.165) is 69.0 Å². The number of esters is 6. The molecule has 92 heavy (non-hydrogen) atoms. The Balaban J connectivity index is 1.16. The van der Waals surface area contributed by atoms with Crippen LogP contribution in [0.5, 0.6) is 0 Å². The molecule has 25 heteroatoms. The number of ether oxygens (including phenoxy) is 6. The minimum atomic E-state index is -6.07. The molecule has 0 radical (unpaired) electrons. The molecule has 1 aliphatic heterocycles. The Kier molecular flexibility index (Phi) is 27.3. The Hall–Kier alpha value is -4.82. The number of hydrogen-bond acceptors (Lipinski definition) is 17. The molecule has 0 aromatic heterocycles. The average Bonchev–Trinajstić information content (AvgIpc) is 1.14. The lowest BCUT2D eigenvalue weighted by Crippen LogP contribution is -2.57. The molecule has 15 nitrogen and oxygen atoms in total. The Morgan fingerprint density at radius 3 is 1.87 bits per heavy atom. The van der Waals surface area contributed by atoms with E-state index >= 15 is 0 Å². The van der Waals surface area contributed by atoms with Crippen LogP contribution in [0.15, 0.2) is 42.5 Å². The quantitative estimate of drug-likeness (QED) is 0.0184. The van der Waals surface area contributed by atoms with E-state index < -0.39 is 110 Å². The van der Waals surface area contributed by atoms with E-state index in [1.54, 1.807) is 58.0 Å². The molecule has 5 rings (SSSR count). The molecule has 1 aromatic carbocycles. The Morgan fingerprint density at radius 1 is 0.772 bits per heavy atom. The summed E-state index contributed by atoms with van der Waals surface area (Å²) in [7, 11) is 0. The lowest BCUT2D eigenvalue weighted by Gasteiger charge is -2.40. The highest BCUT2D eigenvalue weighted by Gasteiger charge is 2.70. The molecule has 3 aliphatic carbocycles. The zero-order valence-corrected chi connectivity index (χ0v) is 57.6. The molecular weight excluding hydrogens is 1280 g/mol. The van der Waals surface area contributed by atoms with Gasteiger partial charge < -0.3 is 43.2 Å². The highest BCUT2D eigenvalue weighted by Crippen LogP contribution is 2.50. The number of thiocarbonyl (C=S) groups is 2. The first-order valence-electron chi connectivity index (χ1n) is 31.6. The molecule has 1 saturated heterocycles. The highest BCUT2D eigenvalue weighted by molar-refractivity contribution is 8.25. The van der Waals surface area contributed by atoms with Gasteiger partial charge in [0.2, 0.25) is 17.2 Å². The van der Waals surface area contributed by atoms with Crippen molar-refractivity contribution < 1.29 is 88.6 Å². The van der Waals surface area contributed by atoms with Gasteiger partial charge >= 0.3 is 48.2 Å². The molecule has 3 saturated carbocycles. The van der Waals surface area contributed by atoms with Crippen molar-refractivity contribution >= 4 is 92.2 Å². The van der Waals surface area contributed by atoms with Crippen molar-refractivity contribution in [3.05, 3.63) is 70.9 Å². The van der Waals surface area contributed by atoms with Gasteiger partial charge in [-0.2, -0.15) is 26.3 Å². The van der Waals surface area contributed by atoms with Crippen LogP contribution >= 0.6 is 48.0 Å². The molecule has 0 spiro atoms. The number of allylic oxidation sites excluding steroid dienone is 2. The van der Waals surface area contributed by atoms with Crippen molar-refractivity contribution in [1.29, 1.82) is 0 Å². The van der Waals surface area contributed by atoms with Gasteiger partial charge in [-0.25, -0.2) is 17.9 Å². The first kappa shape index (κ1) is 77.9. The maximum Gasteiger partial charge on any atom is 0.426 e. The predicted molar refractivity (Wildman–Crippen MR) is 345 cm³/mol. The summed E-state index contributed by atoms with van der Waals surface area (Å²) in [4.78, 5) is 89.9. The fourth-order valence-electron chi connectivity index (χ4n) is 13.6. The standard InChI is InChI=1S/C67H90F6N2O13S4/c1-13-64(26-17-18-27-64)88-56(79)59(6,40-62(9,91-45(5)89)58(81)87-51-25-30-83-54(51)78)39-60(7,74-11)28-23-53(77)85-38-50-32-42(2)31-48(50)22-21-46-33-44(4)49(34-46)37-84-52(76)24-29-61(8,75-12)41-63(10,92-55(90)47-19-15-14-16-20-47)57(80)86-36-43(3)35-65(82,66(68,69)70)67(71,72)73/h14-16,19-22,42-44,46,48-51,82H,13,17-18,23-41H2,1-10H3/b22-21-. The van der Waals surface area contributed by atoms with E-state index in [0.29, 0.717) is 34.9 Å². The SMILES string of the molecule is [C-]#[N+]C(C)(CCC(=O)OCC1CC(C)CC1/C=C\C1CC(C)C(COC(=O)CCC(C)(CC(C)(SC(=S)c2ccccc2)C(=O)OCC(C)CC(O)(C(F)(F)F)C(F)(F)F)[N+]#[C-])C1)CC(C)(CC(C)(SC(C)=S)C(=O)OC1CCOC1=O)C(=O)OC1(CC)CCCC1. The topological polar surface area (TPSA) is 187 Å². The van der Waals surface area contributed by atoms with E-state index in [2.05, 4.69) is 35.7 Å². The van der Waals surface area contributed by atoms with Gasteiger partial charge in [0.15, 0.2) is 0 Å². The van der Waals surface area contributed by atoms with Gasteiger partial charge in [-0.15, -0.1) is 11.8 Å². The highest BCUT2D eigenvalue weighted by atomic mass is 32.2. The fourth-order valence-corrected chi connectivity index (χ4v) is 17.2. The largest absolute Gasteiger partial charge is 0.465 e. The lowest BCUT2D eigenvalue weighted by atomic mass is 9.71. The smallest absolute Gasteiger partial charge is 0.426 e. The van der Waals surface area contributed by atoms with E-state index in [1.807, 2.05) is 6.92 Å². The van der Waals surface area contributed by atoms with Crippen LogP contribution in [0.4, 0.5) is 26.3 Å². The van der Waals surface area contributed by atoms with Crippen molar-refractivity contribution in [2.75, 3.05) is 26.4 Å². The number of aliphatic hydroxyl groups is 1. The van der Waals surface area contributed by atoms with Crippen molar-refractivity contribution in [2.24, 2.45) is 46.8 Å². The number of hydrogen-bond donors (Lipinski definition) is 1. The molecule has 1 heterocycles. The Labute approximate surface area is 557 Å². The third-order valence-corrected chi connectivity index (χ3v) is 21.8. The van der Waals surface area contributed by atoms with Crippen LogP contribution in [0.1, 0.15) is 190 Å². The van der Waals surface area contributed by atoms with Gasteiger partial charge in [0, 0.05) is 50.1 Å². The number of thioether (sulfide) groups is 2. The maximum atomic E-state index is 14.7. The van der Waals surface area contributed by atoms with Crippen molar-refractivity contribution in [1.82, 2.24) is 0 Å². The average molecular weight is 1370 g/mol. The van der Waals surface area contributed by atoms with E-state index in [9.17, 15) is 60.2 Å². The number of rotatable bonds is 31. The van der Waals surface area contributed by atoms with Gasteiger partial charge in [-0.1, -0.05) is 106 Å². The second-order valence-electron chi connectivity index (χ2n) is 27.6. The molecule has 13 unspecified atom stereocenters. The maximum absolute atomic E-state index is 14.7. The molecular formula is C67H90F6N2O13S4. The molecule has 512 valence electrons. The van der Waals surface area contributed by atoms with Gasteiger partial charge in [-0.3, -0.25) is 24.0 Å². The van der Waals surface area contributed by atoms with Crippen LogP contribution in [0.3, 0.4) is 0 Å². The first-order valence-corrected chi connectivity index (χ1v) is 34.0. The summed E-state index contributed by atoms with van der Waals surface area (Å²) >= 11 is 13.0. The van der Waals surface area contributed by atoms with Gasteiger partial charge in [-0.05, 0) is 139 Å². The molecule has 4 fully saturated rings. The van der Waals surface area contributed by atoms with Crippen LogP contribution in [-0.4, -0.2) is 126 Å². The summed E-state index contributed by atoms with van der Waals surface area (Å²) < 4.78 is 113. The number of cyclic esters (lactones) is 1. The number of benzene rings is 1. The molecule has 4 aliphatic rings. The predicted octanol–water partition coefficient (Wildman–Crippen LogP) is 15.3. The van der Waals surface area contributed by atoms with Crippen LogP contribution < -0.4 is 0 Å². The third kappa shape index (κ3) is 21.1. The van der Waals surface area contributed by atoms with E-state index in [1.165, 1.54) is 13.8 Å². The van der Waals surface area contributed by atoms with E-state index in [-0.39, 0.29) is 105 Å². The summed E-state index contributed by atoms with van der Waals surface area (Å²) in [5.41, 5.74) is -9.40. The number of carbonyl (C=O) groups is 6.